The third-order valence-corrected chi connectivity index (χ3v) is 4.67. The molecule has 2 aliphatic rings. The van der Waals surface area contributed by atoms with Crippen LogP contribution in [0.3, 0.4) is 0 Å². The van der Waals surface area contributed by atoms with Crippen LogP contribution in [0.25, 0.3) is 0 Å². The number of hydrogen-bond acceptors (Lipinski definition) is 6. The van der Waals surface area contributed by atoms with Crippen molar-refractivity contribution in [1.29, 1.82) is 0 Å². The second kappa shape index (κ2) is 7.54. The van der Waals surface area contributed by atoms with Crippen LogP contribution in [0.4, 0.5) is 0 Å². The fraction of sp³-hybridized carbons (Fsp3) is 0.933. The number of esters is 1. The molecule has 1 saturated carbocycles. The SMILES string of the molecule is CCOC(=O)C1CCC(O)(CNN2CCN(C)CC2)CC1. The van der Waals surface area contributed by atoms with Gasteiger partial charge in [-0.2, -0.15) is 0 Å². The molecule has 1 aliphatic heterocycles. The Morgan fingerprint density at radius 3 is 2.48 bits per heavy atom. The van der Waals surface area contributed by atoms with E-state index in [4.69, 9.17) is 4.74 Å². The molecule has 2 rings (SSSR count). The predicted molar refractivity (Wildman–Crippen MR) is 80.6 cm³/mol. The molecule has 0 aromatic carbocycles. The highest BCUT2D eigenvalue weighted by atomic mass is 16.5. The summed E-state index contributed by atoms with van der Waals surface area (Å²) >= 11 is 0. The topological polar surface area (TPSA) is 65.0 Å². The lowest BCUT2D eigenvalue weighted by Gasteiger charge is -2.39. The number of nitrogens with one attached hydrogen (secondary N) is 1. The molecule has 0 radical (unpaired) electrons. The van der Waals surface area contributed by atoms with Crippen LogP contribution in [-0.2, 0) is 9.53 Å². The van der Waals surface area contributed by atoms with E-state index < -0.39 is 5.60 Å². The van der Waals surface area contributed by atoms with Crippen molar-refractivity contribution in [3.8, 4) is 0 Å². The quantitative estimate of drug-likeness (QED) is 0.708. The van der Waals surface area contributed by atoms with Crippen LogP contribution in [0.1, 0.15) is 32.6 Å². The van der Waals surface area contributed by atoms with E-state index in [1.807, 2.05) is 6.92 Å². The minimum Gasteiger partial charge on any atom is -0.466 e. The monoisotopic (exact) mass is 299 g/mol. The first-order valence-electron chi connectivity index (χ1n) is 8.08. The van der Waals surface area contributed by atoms with Crippen molar-refractivity contribution in [2.45, 2.75) is 38.2 Å². The highest BCUT2D eigenvalue weighted by Crippen LogP contribution is 2.32. The summed E-state index contributed by atoms with van der Waals surface area (Å²) in [5, 5.41) is 12.8. The van der Waals surface area contributed by atoms with Gasteiger partial charge in [-0.15, -0.1) is 0 Å². The maximum Gasteiger partial charge on any atom is 0.308 e. The maximum atomic E-state index is 11.7. The van der Waals surface area contributed by atoms with Gasteiger partial charge >= 0.3 is 5.97 Å². The normalized spacial score (nSPS) is 32.0. The molecule has 2 fully saturated rings. The molecule has 0 aromatic heterocycles. The largest absolute Gasteiger partial charge is 0.466 e. The van der Waals surface area contributed by atoms with Crippen LogP contribution in [0.15, 0.2) is 0 Å². The van der Waals surface area contributed by atoms with Crippen molar-refractivity contribution in [2.75, 3.05) is 46.4 Å². The average molecular weight is 299 g/mol. The summed E-state index contributed by atoms with van der Waals surface area (Å²) in [6, 6.07) is 0. The van der Waals surface area contributed by atoms with Crippen LogP contribution in [-0.4, -0.2) is 73.0 Å². The Morgan fingerprint density at radius 2 is 1.90 bits per heavy atom. The molecular formula is C15H29N3O3. The minimum atomic E-state index is -0.688. The highest BCUT2D eigenvalue weighted by molar-refractivity contribution is 5.72. The van der Waals surface area contributed by atoms with E-state index in [-0.39, 0.29) is 11.9 Å². The van der Waals surface area contributed by atoms with Gasteiger partial charge in [0.15, 0.2) is 0 Å². The Hall–Kier alpha value is -0.690. The average Bonchev–Trinajstić information content (AvgIpc) is 2.48. The van der Waals surface area contributed by atoms with Gasteiger partial charge in [-0.05, 0) is 39.7 Å². The predicted octanol–water partition coefficient (Wildman–Crippen LogP) is 0.223. The number of likely N-dealkylation sites (N-methyl/N-ethyl adjacent to an activating group) is 1. The summed E-state index contributed by atoms with van der Waals surface area (Å²) in [6.45, 7) is 6.91. The molecule has 1 aliphatic carbocycles. The zero-order valence-electron chi connectivity index (χ0n) is 13.3. The zero-order valence-corrected chi connectivity index (χ0v) is 13.3. The molecule has 0 atom stereocenters. The van der Waals surface area contributed by atoms with Gasteiger partial charge in [-0.25, -0.2) is 5.01 Å². The van der Waals surface area contributed by atoms with E-state index in [1.165, 1.54) is 0 Å². The van der Waals surface area contributed by atoms with Gasteiger partial charge in [-0.3, -0.25) is 10.2 Å². The first kappa shape index (κ1) is 16.7. The summed E-state index contributed by atoms with van der Waals surface area (Å²) in [5.41, 5.74) is 2.67. The van der Waals surface area contributed by atoms with Gasteiger partial charge in [0.25, 0.3) is 0 Å². The van der Waals surface area contributed by atoms with E-state index in [2.05, 4.69) is 22.4 Å². The van der Waals surface area contributed by atoms with Crippen LogP contribution in [0.5, 0.6) is 0 Å². The van der Waals surface area contributed by atoms with Crippen molar-refractivity contribution in [2.24, 2.45) is 5.92 Å². The number of carbonyl (C=O) groups is 1. The number of hydrazine groups is 1. The maximum absolute atomic E-state index is 11.7. The number of aliphatic hydroxyl groups is 1. The zero-order chi connectivity index (χ0) is 15.3. The second-order valence-corrected chi connectivity index (χ2v) is 6.38. The molecule has 0 bridgehead atoms. The molecule has 122 valence electrons. The summed E-state index contributed by atoms with van der Waals surface area (Å²) in [5.74, 6) is -0.138. The van der Waals surface area contributed by atoms with Gasteiger partial charge in [-0.1, -0.05) is 0 Å². The van der Waals surface area contributed by atoms with Gasteiger partial charge in [0.05, 0.1) is 18.1 Å². The van der Waals surface area contributed by atoms with Gasteiger partial charge < -0.3 is 14.7 Å². The Kier molecular flexibility index (Phi) is 5.98. The number of piperazine rings is 1. The van der Waals surface area contributed by atoms with Crippen molar-refractivity contribution >= 4 is 5.97 Å². The fourth-order valence-corrected chi connectivity index (χ4v) is 3.05. The Labute approximate surface area is 127 Å². The molecule has 0 unspecified atom stereocenters. The lowest BCUT2D eigenvalue weighted by Crippen LogP contribution is -2.55. The van der Waals surface area contributed by atoms with E-state index in [1.54, 1.807) is 0 Å². The number of nitrogens with zero attached hydrogens (tertiary/aromatic N) is 2. The lowest BCUT2D eigenvalue weighted by atomic mass is 9.79. The molecular weight excluding hydrogens is 270 g/mol. The number of rotatable bonds is 5. The van der Waals surface area contributed by atoms with Crippen LogP contribution >= 0.6 is 0 Å². The molecule has 21 heavy (non-hydrogen) atoms. The molecule has 6 heteroatoms. The third-order valence-electron chi connectivity index (χ3n) is 4.67. The van der Waals surface area contributed by atoms with E-state index in [0.717, 1.165) is 39.0 Å². The summed E-state index contributed by atoms with van der Waals surface area (Å²) in [7, 11) is 2.13. The molecule has 0 aromatic rings. The van der Waals surface area contributed by atoms with Crippen molar-refractivity contribution in [3.63, 3.8) is 0 Å². The second-order valence-electron chi connectivity index (χ2n) is 6.38. The summed E-state index contributed by atoms with van der Waals surface area (Å²) in [4.78, 5) is 14.0. The minimum absolute atomic E-state index is 0.0335. The smallest absolute Gasteiger partial charge is 0.308 e. The number of carbonyl (C=O) groups excluding carboxylic acids is 1. The van der Waals surface area contributed by atoms with Crippen molar-refractivity contribution in [1.82, 2.24) is 15.3 Å². The standard InChI is InChI=1S/C15H29N3O3/c1-3-21-14(19)13-4-6-15(20,7-5-13)12-16-18-10-8-17(2)9-11-18/h13,16,20H,3-12H2,1-2H3. The molecule has 6 nitrogen and oxygen atoms in total. The first-order chi connectivity index (χ1) is 10.0. The van der Waals surface area contributed by atoms with E-state index >= 15 is 0 Å². The number of hydrogen-bond donors (Lipinski definition) is 2. The summed E-state index contributed by atoms with van der Waals surface area (Å²) < 4.78 is 5.07. The van der Waals surface area contributed by atoms with Crippen LogP contribution in [0.2, 0.25) is 0 Å². The lowest BCUT2D eigenvalue weighted by molar-refractivity contribution is -0.151. The first-order valence-corrected chi connectivity index (χ1v) is 8.08. The Morgan fingerprint density at radius 1 is 1.29 bits per heavy atom. The van der Waals surface area contributed by atoms with Crippen LogP contribution < -0.4 is 5.43 Å². The van der Waals surface area contributed by atoms with Gasteiger partial charge in [0, 0.05) is 32.7 Å². The third kappa shape index (κ3) is 4.92. The molecule has 0 amide bonds. The fourth-order valence-electron chi connectivity index (χ4n) is 3.05. The summed E-state index contributed by atoms with van der Waals surface area (Å²) in [6.07, 6.45) is 2.77. The number of ether oxygens (including phenoxy) is 1. The Balaban J connectivity index is 1.71. The van der Waals surface area contributed by atoms with Crippen molar-refractivity contribution in [3.05, 3.63) is 0 Å². The Bertz CT molecular complexity index is 335. The molecule has 1 heterocycles. The van der Waals surface area contributed by atoms with Gasteiger partial charge in [0.1, 0.15) is 0 Å². The van der Waals surface area contributed by atoms with Crippen molar-refractivity contribution < 1.29 is 14.6 Å². The van der Waals surface area contributed by atoms with E-state index in [9.17, 15) is 9.90 Å². The highest BCUT2D eigenvalue weighted by Gasteiger charge is 2.36. The van der Waals surface area contributed by atoms with Gasteiger partial charge in [0.2, 0.25) is 0 Å². The molecule has 0 spiro atoms. The van der Waals surface area contributed by atoms with E-state index in [0.29, 0.717) is 26.0 Å². The molecule has 1 saturated heterocycles. The van der Waals surface area contributed by atoms with Crippen LogP contribution in [0, 0.1) is 5.92 Å². The molecule has 2 N–H and O–H groups in total.